The van der Waals surface area contributed by atoms with Gasteiger partial charge < -0.3 is 15.4 Å². The summed E-state index contributed by atoms with van der Waals surface area (Å²) in [6.07, 6.45) is 1.78. The number of ether oxygens (including phenoxy) is 1. The van der Waals surface area contributed by atoms with Crippen molar-refractivity contribution < 1.29 is 9.53 Å². The zero-order valence-corrected chi connectivity index (χ0v) is 11.7. The van der Waals surface area contributed by atoms with Gasteiger partial charge in [-0.15, -0.1) is 0 Å². The van der Waals surface area contributed by atoms with Crippen molar-refractivity contribution in [2.75, 3.05) is 13.1 Å². The first kappa shape index (κ1) is 14.3. The van der Waals surface area contributed by atoms with E-state index in [0.29, 0.717) is 5.92 Å². The smallest absolute Gasteiger partial charge is 0.410 e. The predicted molar refractivity (Wildman–Crippen MR) is 68.8 cm³/mol. The molecule has 0 aliphatic carbocycles. The third-order valence-electron chi connectivity index (χ3n) is 2.75. The van der Waals surface area contributed by atoms with E-state index in [-0.39, 0.29) is 11.6 Å². The summed E-state index contributed by atoms with van der Waals surface area (Å²) in [4.78, 5) is 13.6. The van der Waals surface area contributed by atoms with Crippen LogP contribution >= 0.6 is 0 Å². The molecule has 0 aromatic heterocycles. The number of carbonyl (C=O) groups is 1. The fraction of sp³-hybridized carbons (Fsp3) is 0.923. The van der Waals surface area contributed by atoms with E-state index in [2.05, 4.69) is 0 Å². The lowest BCUT2D eigenvalue weighted by atomic mass is 9.91. The van der Waals surface area contributed by atoms with E-state index in [1.165, 1.54) is 0 Å². The molecule has 1 amide bonds. The molecule has 100 valence electrons. The van der Waals surface area contributed by atoms with Crippen LogP contribution in [-0.2, 0) is 4.74 Å². The second-order valence-electron chi connectivity index (χ2n) is 6.77. The first-order valence-corrected chi connectivity index (χ1v) is 6.34. The summed E-state index contributed by atoms with van der Waals surface area (Å²) in [6.45, 7) is 11.3. The van der Waals surface area contributed by atoms with Crippen molar-refractivity contribution in [1.29, 1.82) is 0 Å². The molecule has 0 bridgehead atoms. The Morgan fingerprint density at radius 3 is 2.41 bits per heavy atom. The average Bonchev–Trinajstić information content (AvgIpc) is 2.45. The van der Waals surface area contributed by atoms with Gasteiger partial charge in [0.15, 0.2) is 0 Å². The molecular formula is C13H26N2O2. The maximum Gasteiger partial charge on any atom is 0.410 e. The van der Waals surface area contributed by atoms with Crippen molar-refractivity contribution in [3.05, 3.63) is 0 Å². The number of hydrogen-bond donors (Lipinski definition) is 1. The van der Waals surface area contributed by atoms with Gasteiger partial charge in [-0.1, -0.05) is 0 Å². The quantitative estimate of drug-likeness (QED) is 0.808. The van der Waals surface area contributed by atoms with Gasteiger partial charge in [-0.2, -0.15) is 0 Å². The summed E-state index contributed by atoms with van der Waals surface area (Å²) in [5.74, 6) is 0.502. The molecule has 0 saturated carbocycles. The van der Waals surface area contributed by atoms with E-state index in [1.807, 2.05) is 34.6 Å². The first-order valence-electron chi connectivity index (χ1n) is 6.34. The largest absolute Gasteiger partial charge is 0.444 e. The van der Waals surface area contributed by atoms with Gasteiger partial charge in [0.1, 0.15) is 5.60 Å². The van der Waals surface area contributed by atoms with Gasteiger partial charge in [-0.3, -0.25) is 0 Å². The van der Waals surface area contributed by atoms with Gasteiger partial charge in [0.2, 0.25) is 0 Å². The zero-order chi connectivity index (χ0) is 13.3. The van der Waals surface area contributed by atoms with Gasteiger partial charge in [-0.25, -0.2) is 4.79 Å². The Morgan fingerprint density at radius 1 is 1.35 bits per heavy atom. The van der Waals surface area contributed by atoms with Crippen LogP contribution in [0.2, 0.25) is 0 Å². The fourth-order valence-electron chi connectivity index (χ4n) is 2.24. The van der Waals surface area contributed by atoms with Crippen molar-refractivity contribution in [1.82, 2.24) is 4.90 Å². The van der Waals surface area contributed by atoms with Crippen LogP contribution < -0.4 is 5.73 Å². The molecule has 0 aromatic rings. The van der Waals surface area contributed by atoms with Crippen LogP contribution in [0.4, 0.5) is 4.79 Å². The third kappa shape index (κ3) is 5.39. The average molecular weight is 242 g/mol. The van der Waals surface area contributed by atoms with Crippen LogP contribution in [0, 0.1) is 5.92 Å². The highest BCUT2D eigenvalue weighted by molar-refractivity contribution is 5.68. The van der Waals surface area contributed by atoms with Gasteiger partial charge in [0.25, 0.3) is 0 Å². The second kappa shape index (κ2) is 4.84. The molecule has 4 nitrogen and oxygen atoms in total. The molecule has 1 heterocycles. The Labute approximate surface area is 104 Å². The number of amides is 1. The Bertz CT molecular complexity index is 276. The molecule has 1 rings (SSSR count). The highest BCUT2D eigenvalue weighted by Crippen LogP contribution is 2.25. The molecule has 0 radical (unpaired) electrons. The molecule has 1 unspecified atom stereocenters. The lowest BCUT2D eigenvalue weighted by Crippen LogP contribution is -2.37. The van der Waals surface area contributed by atoms with E-state index in [9.17, 15) is 4.79 Å². The predicted octanol–water partition coefficient (Wildman–Crippen LogP) is 2.37. The molecule has 1 saturated heterocycles. The number of likely N-dealkylation sites (tertiary alicyclic amines) is 1. The molecule has 17 heavy (non-hydrogen) atoms. The van der Waals surface area contributed by atoms with E-state index in [0.717, 1.165) is 25.9 Å². The molecule has 0 spiro atoms. The highest BCUT2D eigenvalue weighted by atomic mass is 16.6. The van der Waals surface area contributed by atoms with Crippen LogP contribution in [0.1, 0.15) is 47.5 Å². The number of nitrogens with zero attached hydrogens (tertiary/aromatic N) is 1. The molecular weight excluding hydrogens is 216 g/mol. The van der Waals surface area contributed by atoms with Crippen LogP contribution in [-0.4, -0.2) is 35.2 Å². The van der Waals surface area contributed by atoms with Crippen molar-refractivity contribution in [3.63, 3.8) is 0 Å². The minimum atomic E-state index is -0.414. The minimum Gasteiger partial charge on any atom is -0.444 e. The lowest BCUT2D eigenvalue weighted by Gasteiger charge is -2.25. The summed E-state index contributed by atoms with van der Waals surface area (Å²) >= 11 is 0. The number of nitrogens with two attached hydrogens (primary N) is 1. The van der Waals surface area contributed by atoms with Crippen molar-refractivity contribution >= 4 is 6.09 Å². The minimum absolute atomic E-state index is 0.158. The maximum absolute atomic E-state index is 11.8. The first-order chi connectivity index (χ1) is 7.57. The van der Waals surface area contributed by atoms with E-state index in [4.69, 9.17) is 10.5 Å². The Balaban J connectivity index is 2.43. The van der Waals surface area contributed by atoms with E-state index < -0.39 is 5.60 Å². The maximum atomic E-state index is 11.8. The van der Waals surface area contributed by atoms with Crippen LogP contribution in [0.15, 0.2) is 0 Å². The summed E-state index contributed by atoms with van der Waals surface area (Å²) in [6, 6.07) is 0. The van der Waals surface area contributed by atoms with Crippen molar-refractivity contribution in [3.8, 4) is 0 Å². The normalized spacial score (nSPS) is 21.8. The molecule has 0 aromatic carbocycles. The van der Waals surface area contributed by atoms with Crippen molar-refractivity contribution in [2.24, 2.45) is 11.7 Å². The summed E-state index contributed by atoms with van der Waals surface area (Å²) in [5.41, 5.74) is 5.43. The molecule has 1 fully saturated rings. The fourth-order valence-corrected chi connectivity index (χ4v) is 2.24. The Hall–Kier alpha value is -0.770. The van der Waals surface area contributed by atoms with Gasteiger partial charge >= 0.3 is 6.09 Å². The number of rotatable bonds is 2. The highest BCUT2D eigenvalue weighted by Gasteiger charge is 2.31. The van der Waals surface area contributed by atoms with Crippen molar-refractivity contribution in [2.45, 2.75) is 58.6 Å². The SMILES string of the molecule is CC(C)(N)CC1CCN(C(=O)OC(C)(C)C)C1. The molecule has 1 aliphatic heterocycles. The summed E-state index contributed by atoms with van der Waals surface area (Å²) < 4.78 is 5.36. The summed E-state index contributed by atoms with van der Waals surface area (Å²) in [7, 11) is 0. The summed E-state index contributed by atoms with van der Waals surface area (Å²) in [5, 5.41) is 0. The third-order valence-corrected chi connectivity index (χ3v) is 2.75. The number of hydrogen-bond acceptors (Lipinski definition) is 3. The van der Waals surface area contributed by atoms with Gasteiger partial charge in [-0.05, 0) is 53.4 Å². The Morgan fingerprint density at radius 2 is 1.94 bits per heavy atom. The molecule has 4 heteroatoms. The monoisotopic (exact) mass is 242 g/mol. The van der Waals surface area contributed by atoms with Crippen LogP contribution in [0.25, 0.3) is 0 Å². The molecule has 1 aliphatic rings. The van der Waals surface area contributed by atoms with Crippen LogP contribution in [0.5, 0.6) is 0 Å². The molecule has 1 atom stereocenters. The van der Waals surface area contributed by atoms with Gasteiger partial charge in [0, 0.05) is 18.6 Å². The Kier molecular flexibility index (Phi) is 4.07. The van der Waals surface area contributed by atoms with Gasteiger partial charge in [0.05, 0.1) is 0 Å². The topological polar surface area (TPSA) is 55.6 Å². The standard InChI is InChI=1S/C13H26N2O2/c1-12(2,3)17-11(16)15-7-6-10(9-15)8-13(4,5)14/h10H,6-9,14H2,1-5H3. The second-order valence-corrected chi connectivity index (χ2v) is 6.77. The number of carbonyl (C=O) groups excluding carboxylic acids is 1. The van der Waals surface area contributed by atoms with E-state index >= 15 is 0 Å². The lowest BCUT2D eigenvalue weighted by molar-refractivity contribution is 0.0286. The zero-order valence-electron chi connectivity index (χ0n) is 11.7. The molecule has 2 N–H and O–H groups in total. The van der Waals surface area contributed by atoms with E-state index in [1.54, 1.807) is 4.90 Å². The van der Waals surface area contributed by atoms with Crippen LogP contribution in [0.3, 0.4) is 0 Å².